The van der Waals surface area contributed by atoms with E-state index in [1.807, 2.05) is 0 Å². The fraction of sp³-hybridized carbons (Fsp3) is 0.939. The lowest BCUT2D eigenvalue weighted by molar-refractivity contribution is -0.143. The van der Waals surface area contributed by atoms with Crippen LogP contribution in [0.5, 0.6) is 0 Å². The molecule has 0 saturated carbocycles. The quantitative estimate of drug-likeness (QED) is 0.0320. The summed E-state index contributed by atoms with van der Waals surface area (Å²) in [5.74, 6) is -0.0270. The molecular weight excluding hydrogens is 887 g/mol. The Morgan fingerprint density at radius 1 is 0.375 bits per heavy atom. The van der Waals surface area contributed by atoms with Crippen molar-refractivity contribution in [2.24, 2.45) is 0 Å². The minimum Gasteiger partial charge on any atom is -0.466 e. The summed E-state index contributed by atoms with van der Waals surface area (Å²) in [6.07, 6.45) is 75.1. The molecule has 6 nitrogen and oxygen atoms in total. The Labute approximate surface area is 450 Å². The molecule has 6 heteroatoms. The number of unbranched alkanes of at least 4 members (excludes halogenated alkanes) is 49. The van der Waals surface area contributed by atoms with Gasteiger partial charge < -0.3 is 20.3 Å². The van der Waals surface area contributed by atoms with Crippen LogP contribution in [-0.4, -0.2) is 47.4 Å². The van der Waals surface area contributed by atoms with E-state index in [0.717, 1.165) is 44.9 Å². The second-order valence-corrected chi connectivity index (χ2v) is 22.8. The zero-order valence-corrected chi connectivity index (χ0v) is 48.9. The number of carbonyl (C=O) groups is 2. The van der Waals surface area contributed by atoms with Gasteiger partial charge in [-0.15, -0.1) is 0 Å². The molecular formula is C66H129NO5. The lowest BCUT2D eigenvalue weighted by Gasteiger charge is -2.22. The van der Waals surface area contributed by atoms with Crippen molar-refractivity contribution >= 4 is 11.9 Å². The maximum atomic E-state index is 12.5. The third-order valence-corrected chi connectivity index (χ3v) is 15.6. The summed E-state index contributed by atoms with van der Waals surface area (Å²) < 4.78 is 5.49. The minimum absolute atomic E-state index is 0.00690. The van der Waals surface area contributed by atoms with Crippen molar-refractivity contribution in [3.05, 3.63) is 12.2 Å². The molecule has 2 atom stereocenters. The molecule has 0 aliphatic carbocycles. The monoisotopic (exact) mass is 1020 g/mol. The minimum atomic E-state index is -0.666. The molecule has 0 spiro atoms. The van der Waals surface area contributed by atoms with E-state index in [2.05, 4.69) is 31.3 Å². The van der Waals surface area contributed by atoms with E-state index < -0.39 is 12.1 Å². The van der Waals surface area contributed by atoms with E-state index in [9.17, 15) is 19.8 Å². The number of aliphatic hydroxyl groups excluding tert-OH is 2. The van der Waals surface area contributed by atoms with Crippen LogP contribution >= 0.6 is 0 Å². The van der Waals surface area contributed by atoms with Crippen molar-refractivity contribution in [2.75, 3.05) is 13.2 Å². The van der Waals surface area contributed by atoms with Gasteiger partial charge in [0.15, 0.2) is 0 Å². The highest BCUT2D eigenvalue weighted by Crippen LogP contribution is 2.19. The van der Waals surface area contributed by atoms with Gasteiger partial charge in [-0.3, -0.25) is 9.59 Å². The van der Waals surface area contributed by atoms with Gasteiger partial charge in [0.2, 0.25) is 5.91 Å². The Hall–Kier alpha value is -1.40. The predicted octanol–water partition coefficient (Wildman–Crippen LogP) is 20.8. The molecule has 0 aliphatic rings. The number of hydrogen-bond acceptors (Lipinski definition) is 5. The number of nitrogens with one attached hydrogen (secondary N) is 1. The molecule has 0 aromatic rings. The number of rotatable bonds is 62. The number of allylic oxidation sites excluding steroid dienone is 2. The van der Waals surface area contributed by atoms with Gasteiger partial charge in [0, 0.05) is 12.8 Å². The summed E-state index contributed by atoms with van der Waals surface area (Å²) in [6.45, 7) is 4.98. The van der Waals surface area contributed by atoms with Gasteiger partial charge in [-0.1, -0.05) is 321 Å². The summed E-state index contributed by atoms with van der Waals surface area (Å²) in [5, 5.41) is 23.4. The first-order chi connectivity index (χ1) is 35.5. The summed E-state index contributed by atoms with van der Waals surface area (Å²) in [5.41, 5.74) is 0. The zero-order valence-electron chi connectivity index (χ0n) is 48.9. The zero-order chi connectivity index (χ0) is 52.2. The second-order valence-electron chi connectivity index (χ2n) is 22.8. The molecule has 0 aromatic carbocycles. The van der Waals surface area contributed by atoms with Gasteiger partial charge >= 0.3 is 5.97 Å². The van der Waals surface area contributed by atoms with Crippen LogP contribution in [0.2, 0.25) is 0 Å². The van der Waals surface area contributed by atoms with Gasteiger partial charge in [0.25, 0.3) is 0 Å². The largest absolute Gasteiger partial charge is 0.466 e. The Kier molecular flexibility index (Phi) is 60.9. The molecule has 72 heavy (non-hydrogen) atoms. The van der Waals surface area contributed by atoms with Gasteiger partial charge in [0.1, 0.15) is 0 Å². The summed E-state index contributed by atoms with van der Waals surface area (Å²) in [4.78, 5) is 24.6. The molecule has 0 aliphatic heterocycles. The third kappa shape index (κ3) is 57.9. The highest BCUT2D eigenvalue weighted by Gasteiger charge is 2.20. The van der Waals surface area contributed by atoms with Crippen LogP contribution in [0.25, 0.3) is 0 Å². The standard InChI is InChI=1S/C66H129NO5/c1-3-5-7-9-11-13-15-17-19-21-23-27-30-34-38-42-46-50-54-58-64(69)63(62-68)67-65(70)59-55-51-47-43-39-35-31-28-24-22-25-29-33-37-41-45-49-53-57-61-72-66(71)60-56-52-48-44-40-36-32-26-20-18-16-14-12-10-8-6-4-2/h18,20,63-64,68-69H,3-17,19,21-62H2,1-2H3,(H,67,70)/b20-18-. The molecule has 0 heterocycles. The highest BCUT2D eigenvalue weighted by atomic mass is 16.5. The number of hydrogen-bond donors (Lipinski definition) is 3. The predicted molar refractivity (Wildman–Crippen MR) is 315 cm³/mol. The SMILES string of the molecule is CCCCCCCC/C=C\CCCCCCCCCC(=O)OCCCCCCCCCCCCCCCCCCCCCC(=O)NC(CO)C(O)CCCCCCCCCCCCCCCCCCCCC. The van der Waals surface area contributed by atoms with Crippen molar-refractivity contribution in [3.8, 4) is 0 Å². The lowest BCUT2D eigenvalue weighted by atomic mass is 10.0. The molecule has 2 unspecified atom stereocenters. The lowest BCUT2D eigenvalue weighted by Crippen LogP contribution is -2.45. The number of ether oxygens (including phenoxy) is 1. The molecule has 0 rings (SSSR count). The van der Waals surface area contributed by atoms with E-state index in [-0.39, 0.29) is 18.5 Å². The van der Waals surface area contributed by atoms with Crippen LogP contribution in [-0.2, 0) is 14.3 Å². The first kappa shape index (κ1) is 70.6. The topological polar surface area (TPSA) is 95.9 Å². The van der Waals surface area contributed by atoms with Crippen molar-refractivity contribution in [1.29, 1.82) is 0 Å². The van der Waals surface area contributed by atoms with Crippen LogP contribution in [0, 0.1) is 0 Å². The van der Waals surface area contributed by atoms with Crippen molar-refractivity contribution in [3.63, 3.8) is 0 Å². The molecule has 0 bridgehead atoms. The number of carbonyl (C=O) groups excluding carboxylic acids is 2. The number of amides is 1. The highest BCUT2D eigenvalue weighted by molar-refractivity contribution is 5.76. The summed E-state index contributed by atoms with van der Waals surface area (Å²) in [7, 11) is 0. The summed E-state index contributed by atoms with van der Waals surface area (Å²) in [6, 6.07) is -0.544. The molecule has 0 aromatic heterocycles. The molecule has 428 valence electrons. The van der Waals surface area contributed by atoms with Crippen LogP contribution in [0.4, 0.5) is 0 Å². The van der Waals surface area contributed by atoms with Gasteiger partial charge in [-0.05, 0) is 51.4 Å². The van der Waals surface area contributed by atoms with Crippen LogP contribution < -0.4 is 5.32 Å². The Morgan fingerprint density at radius 3 is 0.986 bits per heavy atom. The van der Waals surface area contributed by atoms with Crippen molar-refractivity contribution < 1.29 is 24.5 Å². The third-order valence-electron chi connectivity index (χ3n) is 15.6. The Bertz CT molecular complexity index is 1080. The molecule has 3 N–H and O–H groups in total. The van der Waals surface area contributed by atoms with E-state index in [4.69, 9.17) is 4.74 Å². The normalized spacial score (nSPS) is 12.6. The van der Waals surface area contributed by atoms with Crippen molar-refractivity contribution in [2.45, 2.75) is 386 Å². The van der Waals surface area contributed by atoms with Crippen LogP contribution in [0.15, 0.2) is 12.2 Å². The fourth-order valence-corrected chi connectivity index (χ4v) is 10.5. The van der Waals surface area contributed by atoms with Gasteiger partial charge in [0.05, 0.1) is 25.4 Å². The summed E-state index contributed by atoms with van der Waals surface area (Å²) >= 11 is 0. The average molecular weight is 1020 g/mol. The van der Waals surface area contributed by atoms with E-state index >= 15 is 0 Å². The first-order valence-corrected chi connectivity index (χ1v) is 32.9. The Morgan fingerprint density at radius 2 is 0.653 bits per heavy atom. The second kappa shape index (κ2) is 62.1. The van der Waals surface area contributed by atoms with E-state index in [1.54, 1.807) is 0 Å². The molecule has 0 fully saturated rings. The molecule has 0 radical (unpaired) electrons. The van der Waals surface area contributed by atoms with E-state index in [1.165, 1.54) is 295 Å². The van der Waals surface area contributed by atoms with Crippen LogP contribution in [0.1, 0.15) is 373 Å². The first-order valence-electron chi connectivity index (χ1n) is 32.9. The number of aliphatic hydroxyl groups is 2. The van der Waals surface area contributed by atoms with Gasteiger partial charge in [-0.2, -0.15) is 0 Å². The maximum Gasteiger partial charge on any atom is 0.305 e. The average Bonchev–Trinajstić information content (AvgIpc) is 3.38. The number of esters is 1. The molecule has 1 amide bonds. The van der Waals surface area contributed by atoms with Gasteiger partial charge in [-0.25, -0.2) is 0 Å². The van der Waals surface area contributed by atoms with Crippen molar-refractivity contribution in [1.82, 2.24) is 5.32 Å². The van der Waals surface area contributed by atoms with Crippen LogP contribution in [0.3, 0.4) is 0 Å². The Balaban J connectivity index is 3.39. The van der Waals surface area contributed by atoms with E-state index in [0.29, 0.717) is 25.9 Å². The maximum absolute atomic E-state index is 12.5. The smallest absolute Gasteiger partial charge is 0.305 e. The fourth-order valence-electron chi connectivity index (χ4n) is 10.5. The molecule has 0 saturated heterocycles.